The minimum Gasteiger partial charge on any atom is -0.376 e. The molecule has 5 rings (SSSR count). The van der Waals surface area contributed by atoms with Crippen LogP contribution in [0.5, 0.6) is 0 Å². The number of ether oxygens (including phenoxy) is 1. The summed E-state index contributed by atoms with van der Waals surface area (Å²) < 4.78 is 5.90. The number of nitrogens with zero attached hydrogens (tertiary/aromatic N) is 2. The summed E-state index contributed by atoms with van der Waals surface area (Å²) in [6, 6.07) is 16.6. The molecule has 2 fully saturated rings. The van der Waals surface area contributed by atoms with Gasteiger partial charge >= 0.3 is 0 Å². The Morgan fingerprint density at radius 3 is 2.49 bits per heavy atom. The van der Waals surface area contributed by atoms with E-state index in [1.165, 1.54) is 0 Å². The van der Waals surface area contributed by atoms with Crippen LogP contribution in [0.4, 0.5) is 0 Å². The quantitative estimate of drug-likeness (QED) is 0.505. The lowest BCUT2D eigenvalue weighted by atomic mass is 10.0. The summed E-state index contributed by atoms with van der Waals surface area (Å²) in [5, 5.41) is 3.22. The Balaban J connectivity index is 1.48. The molecule has 0 unspecified atom stereocenters. The van der Waals surface area contributed by atoms with Crippen LogP contribution in [0, 0.1) is 0 Å². The van der Waals surface area contributed by atoms with E-state index in [1.54, 1.807) is 23.4 Å². The van der Waals surface area contributed by atoms with Crippen molar-refractivity contribution in [2.75, 3.05) is 13.2 Å². The van der Waals surface area contributed by atoms with E-state index in [9.17, 15) is 9.59 Å². The molecule has 7 heteroatoms. The number of amides is 2. The molecule has 2 amide bonds. The SMILES string of the molecule is O=C(NC1CCCC1)[C@H](c1ccncc1)N(C[C@H]1CCCO1)C(=O)c1ccc(-c2ccccc2)[nH]1. The van der Waals surface area contributed by atoms with Crippen LogP contribution in [0.3, 0.4) is 0 Å². The standard InChI is InChI=1S/C28H32N4O3/c33-27(30-22-9-4-5-10-22)26(21-14-16-29-17-15-21)32(19-23-11-6-18-35-23)28(34)25-13-12-24(31-25)20-7-2-1-3-8-20/h1-3,7-8,12-17,22-23,26,31H,4-6,9-11,18-19H2,(H,30,33)/t23-,26+/m1/s1. The van der Waals surface area contributed by atoms with Crippen LogP contribution < -0.4 is 5.32 Å². The molecule has 2 aliphatic rings. The van der Waals surface area contributed by atoms with E-state index in [2.05, 4.69) is 15.3 Å². The number of aromatic amines is 1. The highest BCUT2D eigenvalue weighted by Crippen LogP contribution is 2.28. The molecule has 3 aromatic rings. The minimum atomic E-state index is -0.765. The maximum Gasteiger partial charge on any atom is 0.271 e. The van der Waals surface area contributed by atoms with Crippen LogP contribution in [-0.2, 0) is 9.53 Å². The Labute approximate surface area is 205 Å². The van der Waals surface area contributed by atoms with Crippen molar-refractivity contribution in [1.82, 2.24) is 20.2 Å². The molecule has 3 heterocycles. The first-order valence-electron chi connectivity index (χ1n) is 12.6. The first-order chi connectivity index (χ1) is 17.2. The van der Waals surface area contributed by atoms with Gasteiger partial charge < -0.3 is 19.9 Å². The smallest absolute Gasteiger partial charge is 0.271 e. The van der Waals surface area contributed by atoms with Gasteiger partial charge in [0, 0.05) is 37.3 Å². The highest BCUT2D eigenvalue weighted by molar-refractivity contribution is 5.97. The highest BCUT2D eigenvalue weighted by atomic mass is 16.5. The van der Waals surface area contributed by atoms with E-state index in [4.69, 9.17) is 4.74 Å². The normalized spacial score (nSPS) is 18.9. The second kappa shape index (κ2) is 10.9. The third-order valence-electron chi connectivity index (χ3n) is 6.97. The molecule has 1 aromatic carbocycles. The summed E-state index contributed by atoms with van der Waals surface area (Å²) in [6.07, 6.45) is 9.27. The molecular formula is C28H32N4O3. The summed E-state index contributed by atoms with van der Waals surface area (Å²) in [7, 11) is 0. The Kier molecular flexibility index (Phi) is 7.23. The molecule has 1 aliphatic heterocycles. The van der Waals surface area contributed by atoms with Crippen molar-refractivity contribution in [2.24, 2.45) is 0 Å². The number of hydrogen-bond acceptors (Lipinski definition) is 4. The van der Waals surface area contributed by atoms with Crippen LogP contribution in [0.1, 0.15) is 60.6 Å². The largest absolute Gasteiger partial charge is 0.376 e. The zero-order chi connectivity index (χ0) is 24.0. The lowest BCUT2D eigenvalue weighted by molar-refractivity contribution is -0.127. The minimum absolute atomic E-state index is 0.0916. The predicted molar refractivity (Wildman–Crippen MR) is 134 cm³/mol. The maximum absolute atomic E-state index is 14.0. The number of carbonyl (C=O) groups excluding carboxylic acids is 2. The highest BCUT2D eigenvalue weighted by Gasteiger charge is 2.36. The van der Waals surface area contributed by atoms with Gasteiger partial charge in [-0.3, -0.25) is 14.6 Å². The molecule has 0 radical (unpaired) electrons. The number of H-pyrrole nitrogens is 1. The molecule has 182 valence electrons. The van der Waals surface area contributed by atoms with E-state index in [0.29, 0.717) is 18.8 Å². The van der Waals surface area contributed by atoms with Gasteiger partial charge in [-0.25, -0.2) is 0 Å². The molecule has 2 atom stereocenters. The number of nitrogens with one attached hydrogen (secondary N) is 2. The number of aromatic nitrogens is 2. The summed E-state index contributed by atoms with van der Waals surface area (Å²) >= 11 is 0. The first kappa shape index (κ1) is 23.3. The molecule has 1 aliphatic carbocycles. The van der Waals surface area contributed by atoms with Gasteiger partial charge in [-0.2, -0.15) is 0 Å². The molecule has 1 saturated heterocycles. The van der Waals surface area contributed by atoms with E-state index in [0.717, 1.165) is 55.3 Å². The van der Waals surface area contributed by atoms with E-state index in [-0.39, 0.29) is 24.0 Å². The molecule has 2 N–H and O–H groups in total. The zero-order valence-corrected chi connectivity index (χ0v) is 19.9. The number of carbonyl (C=O) groups is 2. The first-order valence-corrected chi connectivity index (χ1v) is 12.6. The third-order valence-corrected chi connectivity index (χ3v) is 6.97. The lowest BCUT2D eigenvalue weighted by Crippen LogP contribution is -2.48. The number of rotatable bonds is 8. The van der Waals surface area contributed by atoms with Crippen LogP contribution in [-0.4, -0.2) is 52.0 Å². The fourth-order valence-corrected chi connectivity index (χ4v) is 5.14. The van der Waals surface area contributed by atoms with Gasteiger partial charge in [-0.05, 0) is 61.1 Å². The van der Waals surface area contributed by atoms with Gasteiger partial charge in [-0.15, -0.1) is 0 Å². The Hall–Kier alpha value is -3.45. The van der Waals surface area contributed by atoms with Gasteiger partial charge in [0.05, 0.1) is 6.10 Å². The lowest BCUT2D eigenvalue weighted by Gasteiger charge is -2.33. The maximum atomic E-state index is 14.0. The van der Waals surface area contributed by atoms with Crippen LogP contribution in [0.25, 0.3) is 11.3 Å². The van der Waals surface area contributed by atoms with Gasteiger partial charge in [0.1, 0.15) is 11.7 Å². The molecule has 0 spiro atoms. The topological polar surface area (TPSA) is 87.3 Å². The van der Waals surface area contributed by atoms with Crippen LogP contribution >= 0.6 is 0 Å². The summed E-state index contributed by atoms with van der Waals surface area (Å²) in [6.45, 7) is 1.03. The van der Waals surface area contributed by atoms with Crippen molar-refractivity contribution in [3.05, 3.63) is 78.2 Å². The summed E-state index contributed by atoms with van der Waals surface area (Å²) in [5.41, 5.74) is 3.06. The predicted octanol–water partition coefficient (Wildman–Crippen LogP) is 4.50. The average molecular weight is 473 g/mol. The Bertz CT molecular complexity index is 1120. The molecule has 35 heavy (non-hydrogen) atoms. The monoisotopic (exact) mass is 472 g/mol. The molecule has 2 aromatic heterocycles. The van der Waals surface area contributed by atoms with Crippen LogP contribution in [0.15, 0.2) is 67.0 Å². The van der Waals surface area contributed by atoms with Crippen molar-refractivity contribution in [3.63, 3.8) is 0 Å². The average Bonchev–Trinajstić information content (AvgIpc) is 3.68. The van der Waals surface area contributed by atoms with Crippen molar-refractivity contribution in [2.45, 2.75) is 56.7 Å². The number of hydrogen-bond donors (Lipinski definition) is 2. The number of pyridine rings is 1. The van der Waals surface area contributed by atoms with Gasteiger partial charge in [-0.1, -0.05) is 43.2 Å². The van der Waals surface area contributed by atoms with E-state index >= 15 is 0 Å². The van der Waals surface area contributed by atoms with Gasteiger partial charge in [0.2, 0.25) is 5.91 Å². The zero-order valence-electron chi connectivity index (χ0n) is 19.9. The molecule has 0 bridgehead atoms. The summed E-state index contributed by atoms with van der Waals surface area (Å²) in [4.78, 5) is 36.8. The number of benzene rings is 1. The van der Waals surface area contributed by atoms with Crippen molar-refractivity contribution < 1.29 is 14.3 Å². The van der Waals surface area contributed by atoms with E-state index < -0.39 is 6.04 Å². The second-order valence-corrected chi connectivity index (χ2v) is 9.42. The molecular weight excluding hydrogens is 440 g/mol. The van der Waals surface area contributed by atoms with Crippen molar-refractivity contribution >= 4 is 11.8 Å². The van der Waals surface area contributed by atoms with Crippen molar-refractivity contribution in [1.29, 1.82) is 0 Å². The van der Waals surface area contributed by atoms with Gasteiger partial charge in [0.25, 0.3) is 5.91 Å². The third kappa shape index (κ3) is 5.46. The fraction of sp³-hybridized carbons (Fsp3) is 0.393. The fourth-order valence-electron chi connectivity index (χ4n) is 5.14. The Morgan fingerprint density at radius 2 is 1.77 bits per heavy atom. The summed E-state index contributed by atoms with van der Waals surface area (Å²) in [5.74, 6) is -0.365. The second-order valence-electron chi connectivity index (χ2n) is 9.42. The molecule has 7 nitrogen and oxygen atoms in total. The molecule has 1 saturated carbocycles. The van der Waals surface area contributed by atoms with Crippen molar-refractivity contribution in [3.8, 4) is 11.3 Å². The Morgan fingerprint density at radius 1 is 1.00 bits per heavy atom. The van der Waals surface area contributed by atoms with Gasteiger partial charge in [0.15, 0.2) is 0 Å². The van der Waals surface area contributed by atoms with E-state index in [1.807, 2.05) is 48.5 Å². The van der Waals surface area contributed by atoms with Crippen LogP contribution in [0.2, 0.25) is 0 Å².